The molecular formula is C11H22N2O. The Balaban J connectivity index is 2.23. The van der Waals surface area contributed by atoms with Crippen LogP contribution in [0.5, 0.6) is 0 Å². The van der Waals surface area contributed by atoms with E-state index in [2.05, 4.69) is 31.4 Å². The molecule has 2 N–H and O–H groups in total. The van der Waals surface area contributed by atoms with Crippen molar-refractivity contribution in [1.29, 1.82) is 0 Å². The molecule has 14 heavy (non-hydrogen) atoms. The Labute approximate surface area is 86.6 Å². The van der Waals surface area contributed by atoms with Gasteiger partial charge in [-0.1, -0.05) is 20.8 Å². The molecule has 0 bridgehead atoms. The normalized spacial score (nSPS) is 18.9. The maximum absolute atomic E-state index is 11.5. The predicted octanol–water partition coefficient (Wildman–Crippen LogP) is 2.27. The first-order valence-corrected chi connectivity index (χ1v) is 5.70. The van der Waals surface area contributed by atoms with Crippen LogP contribution in [-0.2, 0) is 0 Å². The Bertz CT molecular complexity index is 188. The van der Waals surface area contributed by atoms with Crippen molar-refractivity contribution in [3.63, 3.8) is 0 Å². The van der Waals surface area contributed by atoms with E-state index in [4.69, 9.17) is 0 Å². The van der Waals surface area contributed by atoms with Gasteiger partial charge in [0.1, 0.15) is 0 Å². The molecule has 1 saturated carbocycles. The Morgan fingerprint density at radius 3 is 2.43 bits per heavy atom. The molecule has 1 aliphatic carbocycles. The van der Waals surface area contributed by atoms with Gasteiger partial charge < -0.3 is 10.6 Å². The molecule has 0 aromatic carbocycles. The second-order valence-corrected chi connectivity index (χ2v) is 4.50. The van der Waals surface area contributed by atoms with Crippen LogP contribution in [0.4, 0.5) is 4.79 Å². The van der Waals surface area contributed by atoms with Crippen LogP contribution < -0.4 is 10.6 Å². The highest BCUT2D eigenvalue weighted by Gasteiger charge is 2.21. The van der Waals surface area contributed by atoms with E-state index in [-0.39, 0.29) is 6.03 Å². The van der Waals surface area contributed by atoms with E-state index in [0.717, 1.165) is 19.3 Å². The summed E-state index contributed by atoms with van der Waals surface area (Å²) in [6.07, 6.45) is 4.54. The van der Waals surface area contributed by atoms with E-state index in [1.807, 2.05) is 0 Å². The smallest absolute Gasteiger partial charge is 0.315 e. The molecule has 1 aliphatic rings. The molecule has 82 valence electrons. The third-order valence-corrected chi connectivity index (χ3v) is 3.00. The molecule has 0 radical (unpaired) electrons. The molecule has 0 heterocycles. The number of rotatable bonds is 4. The summed E-state index contributed by atoms with van der Waals surface area (Å²) in [6, 6.07) is 0.741. The summed E-state index contributed by atoms with van der Waals surface area (Å²) in [4.78, 5) is 11.5. The summed E-state index contributed by atoms with van der Waals surface area (Å²) in [5.41, 5.74) is 0. The topological polar surface area (TPSA) is 41.1 Å². The van der Waals surface area contributed by atoms with E-state index >= 15 is 0 Å². The van der Waals surface area contributed by atoms with E-state index in [1.165, 1.54) is 6.42 Å². The van der Waals surface area contributed by atoms with Gasteiger partial charge in [0.2, 0.25) is 0 Å². The number of carbonyl (C=O) groups is 1. The highest BCUT2D eigenvalue weighted by atomic mass is 16.2. The van der Waals surface area contributed by atoms with Gasteiger partial charge in [0, 0.05) is 12.1 Å². The number of nitrogens with one attached hydrogen (secondary N) is 2. The quantitative estimate of drug-likeness (QED) is 0.715. The molecule has 1 rings (SSSR count). The summed E-state index contributed by atoms with van der Waals surface area (Å²) in [5, 5.41) is 6.00. The van der Waals surface area contributed by atoms with Crippen molar-refractivity contribution in [3.05, 3.63) is 0 Å². The minimum absolute atomic E-state index is 0.00949. The van der Waals surface area contributed by atoms with Crippen LogP contribution >= 0.6 is 0 Å². The van der Waals surface area contributed by atoms with Gasteiger partial charge in [0.25, 0.3) is 0 Å². The van der Waals surface area contributed by atoms with Crippen LogP contribution in [0.1, 0.15) is 46.5 Å². The molecule has 0 spiro atoms. The number of hydrogen-bond acceptors (Lipinski definition) is 1. The molecular weight excluding hydrogens is 176 g/mol. The van der Waals surface area contributed by atoms with Crippen LogP contribution in [-0.4, -0.2) is 18.1 Å². The van der Waals surface area contributed by atoms with Crippen LogP contribution in [0.15, 0.2) is 0 Å². The minimum atomic E-state index is 0.00949. The van der Waals surface area contributed by atoms with Gasteiger partial charge >= 0.3 is 6.03 Å². The van der Waals surface area contributed by atoms with E-state index in [0.29, 0.717) is 18.0 Å². The van der Waals surface area contributed by atoms with Gasteiger partial charge in [0.05, 0.1) is 0 Å². The van der Waals surface area contributed by atoms with E-state index in [1.54, 1.807) is 0 Å². The second kappa shape index (κ2) is 5.23. The van der Waals surface area contributed by atoms with Crippen molar-refractivity contribution in [2.75, 3.05) is 0 Å². The lowest BCUT2D eigenvalue weighted by atomic mass is 9.93. The largest absolute Gasteiger partial charge is 0.335 e. The van der Waals surface area contributed by atoms with Crippen molar-refractivity contribution in [2.24, 2.45) is 5.92 Å². The fourth-order valence-electron chi connectivity index (χ4n) is 1.69. The van der Waals surface area contributed by atoms with Gasteiger partial charge in [-0.25, -0.2) is 4.79 Å². The average Bonchev–Trinajstić information content (AvgIpc) is 2.07. The molecule has 3 nitrogen and oxygen atoms in total. The first-order chi connectivity index (χ1) is 6.63. The summed E-state index contributed by atoms with van der Waals surface area (Å²) < 4.78 is 0. The van der Waals surface area contributed by atoms with Crippen molar-refractivity contribution in [3.8, 4) is 0 Å². The molecule has 0 aromatic heterocycles. The van der Waals surface area contributed by atoms with Crippen molar-refractivity contribution < 1.29 is 4.79 Å². The minimum Gasteiger partial charge on any atom is -0.335 e. The number of hydrogen-bond donors (Lipinski definition) is 2. The van der Waals surface area contributed by atoms with Crippen LogP contribution in [0.3, 0.4) is 0 Å². The van der Waals surface area contributed by atoms with Gasteiger partial charge in [-0.05, 0) is 31.6 Å². The Morgan fingerprint density at radius 2 is 2.07 bits per heavy atom. The zero-order valence-electron chi connectivity index (χ0n) is 9.47. The Hall–Kier alpha value is -0.730. The number of amides is 2. The molecule has 0 aliphatic heterocycles. The van der Waals surface area contributed by atoms with E-state index in [9.17, 15) is 4.79 Å². The van der Waals surface area contributed by atoms with Gasteiger partial charge in [-0.15, -0.1) is 0 Å². The van der Waals surface area contributed by atoms with Crippen LogP contribution in [0.25, 0.3) is 0 Å². The maximum Gasteiger partial charge on any atom is 0.315 e. The number of carbonyl (C=O) groups excluding carboxylic acids is 1. The highest BCUT2D eigenvalue weighted by molar-refractivity contribution is 5.74. The van der Waals surface area contributed by atoms with Crippen molar-refractivity contribution in [2.45, 2.75) is 58.5 Å². The average molecular weight is 198 g/mol. The Kier molecular flexibility index (Phi) is 4.23. The maximum atomic E-state index is 11.5. The lowest BCUT2D eigenvalue weighted by molar-refractivity contribution is 0.220. The Morgan fingerprint density at radius 1 is 1.43 bits per heavy atom. The van der Waals surface area contributed by atoms with Crippen LogP contribution in [0.2, 0.25) is 0 Å². The number of urea groups is 1. The predicted molar refractivity (Wildman–Crippen MR) is 58.2 cm³/mol. The molecule has 3 heteroatoms. The van der Waals surface area contributed by atoms with Crippen LogP contribution in [0, 0.1) is 5.92 Å². The molecule has 1 fully saturated rings. The zero-order valence-corrected chi connectivity index (χ0v) is 9.47. The monoisotopic (exact) mass is 198 g/mol. The van der Waals surface area contributed by atoms with Crippen molar-refractivity contribution in [1.82, 2.24) is 10.6 Å². The van der Waals surface area contributed by atoms with E-state index < -0.39 is 0 Å². The van der Waals surface area contributed by atoms with Gasteiger partial charge in [-0.3, -0.25) is 0 Å². The molecule has 0 aromatic rings. The fraction of sp³-hybridized carbons (Fsp3) is 0.909. The zero-order chi connectivity index (χ0) is 10.6. The lowest BCUT2D eigenvalue weighted by Gasteiger charge is -2.28. The second-order valence-electron chi connectivity index (χ2n) is 4.50. The SMILES string of the molecule is CCC(NC(=O)NC1CCC1)C(C)C. The molecule has 2 amide bonds. The van der Waals surface area contributed by atoms with Gasteiger partial charge in [-0.2, -0.15) is 0 Å². The fourth-order valence-corrected chi connectivity index (χ4v) is 1.69. The summed E-state index contributed by atoms with van der Waals surface area (Å²) in [6.45, 7) is 6.38. The first-order valence-electron chi connectivity index (χ1n) is 5.70. The standard InChI is InChI=1S/C11H22N2O/c1-4-10(8(2)3)13-11(14)12-9-6-5-7-9/h8-10H,4-7H2,1-3H3,(H2,12,13,14). The third kappa shape index (κ3) is 3.20. The molecule has 1 unspecified atom stereocenters. The third-order valence-electron chi connectivity index (χ3n) is 3.00. The van der Waals surface area contributed by atoms with Crippen molar-refractivity contribution >= 4 is 6.03 Å². The lowest BCUT2D eigenvalue weighted by Crippen LogP contribution is -2.49. The summed E-state index contributed by atoms with van der Waals surface area (Å²) >= 11 is 0. The summed E-state index contributed by atoms with van der Waals surface area (Å²) in [5.74, 6) is 0.507. The molecule has 1 atom stereocenters. The highest BCUT2D eigenvalue weighted by Crippen LogP contribution is 2.17. The summed E-state index contributed by atoms with van der Waals surface area (Å²) in [7, 11) is 0. The first kappa shape index (κ1) is 11.3. The van der Waals surface area contributed by atoms with Gasteiger partial charge in [0.15, 0.2) is 0 Å². The molecule has 0 saturated heterocycles.